The maximum absolute atomic E-state index is 13.7. The summed E-state index contributed by atoms with van der Waals surface area (Å²) in [5.74, 6) is -0.401. The SMILES string of the molecule is COc1ccc([C@@H](C(=O)NCc2ccccc2)N(C(=O)Cc2cccs2)c2ccc(F)cc2)cc1. The molecule has 1 aromatic heterocycles. The number of rotatable bonds is 9. The lowest BCUT2D eigenvalue weighted by molar-refractivity contribution is -0.126. The van der Waals surface area contributed by atoms with Crippen LogP contribution in [0.3, 0.4) is 0 Å². The smallest absolute Gasteiger partial charge is 0.248 e. The van der Waals surface area contributed by atoms with E-state index < -0.39 is 11.9 Å². The van der Waals surface area contributed by atoms with Crippen molar-refractivity contribution in [2.45, 2.75) is 19.0 Å². The van der Waals surface area contributed by atoms with Crippen molar-refractivity contribution in [3.8, 4) is 5.75 Å². The van der Waals surface area contributed by atoms with Crippen LogP contribution < -0.4 is 15.0 Å². The topological polar surface area (TPSA) is 58.6 Å². The first-order chi connectivity index (χ1) is 17.0. The Kier molecular flexibility index (Phi) is 7.90. The highest BCUT2D eigenvalue weighted by molar-refractivity contribution is 7.10. The average molecular weight is 489 g/mol. The quantitative estimate of drug-likeness (QED) is 0.337. The summed E-state index contributed by atoms with van der Waals surface area (Å²) in [7, 11) is 1.56. The lowest BCUT2D eigenvalue weighted by Crippen LogP contribution is -2.44. The van der Waals surface area contributed by atoms with Gasteiger partial charge in [0.25, 0.3) is 0 Å². The standard InChI is InChI=1S/C28H25FN2O3S/c1-34-24-15-9-21(10-16-24)27(28(33)30-19-20-6-3-2-4-7-20)31(23-13-11-22(29)12-14-23)26(32)18-25-8-5-17-35-25/h2-17,27H,18-19H2,1H3,(H,30,33)/t27-/m0/s1. The number of carbonyl (C=O) groups is 2. The Labute approximate surface area is 207 Å². The lowest BCUT2D eigenvalue weighted by Gasteiger charge is -2.31. The summed E-state index contributed by atoms with van der Waals surface area (Å²) in [5, 5.41) is 4.87. The number of amides is 2. The van der Waals surface area contributed by atoms with Crippen LogP contribution in [0.5, 0.6) is 5.75 Å². The van der Waals surface area contributed by atoms with Gasteiger partial charge in [-0.1, -0.05) is 48.5 Å². The summed E-state index contributed by atoms with van der Waals surface area (Å²) in [6.07, 6.45) is 0.119. The van der Waals surface area contributed by atoms with Crippen molar-refractivity contribution >= 4 is 28.8 Å². The summed E-state index contributed by atoms with van der Waals surface area (Å²) in [4.78, 5) is 29.6. The third kappa shape index (κ3) is 6.13. The Morgan fingerprint density at radius 2 is 1.66 bits per heavy atom. The van der Waals surface area contributed by atoms with Crippen LogP contribution in [0, 0.1) is 5.82 Å². The van der Waals surface area contributed by atoms with Crippen LogP contribution in [0.2, 0.25) is 0 Å². The average Bonchev–Trinajstić information content (AvgIpc) is 3.40. The van der Waals surface area contributed by atoms with E-state index in [0.29, 0.717) is 23.5 Å². The highest BCUT2D eigenvalue weighted by Gasteiger charge is 2.33. The molecule has 0 saturated heterocycles. The maximum atomic E-state index is 13.7. The molecule has 0 aliphatic carbocycles. The molecule has 0 aliphatic heterocycles. The number of hydrogen-bond donors (Lipinski definition) is 1. The largest absolute Gasteiger partial charge is 0.497 e. The van der Waals surface area contributed by atoms with E-state index >= 15 is 0 Å². The molecule has 5 nitrogen and oxygen atoms in total. The van der Waals surface area contributed by atoms with Crippen LogP contribution in [-0.4, -0.2) is 18.9 Å². The minimum absolute atomic E-state index is 0.119. The summed E-state index contributed by atoms with van der Waals surface area (Å²) in [6, 6.07) is 25.0. The number of halogens is 1. The number of benzene rings is 3. The molecule has 7 heteroatoms. The normalized spacial score (nSPS) is 11.5. The van der Waals surface area contributed by atoms with Gasteiger partial charge >= 0.3 is 0 Å². The molecule has 0 unspecified atom stereocenters. The van der Waals surface area contributed by atoms with Crippen LogP contribution >= 0.6 is 11.3 Å². The van der Waals surface area contributed by atoms with Gasteiger partial charge in [0.05, 0.1) is 13.5 Å². The number of carbonyl (C=O) groups excluding carboxylic acids is 2. The van der Waals surface area contributed by atoms with Crippen molar-refractivity contribution in [1.82, 2.24) is 5.32 Å². The molecule has 0 aliphatic rings. The van der Waals surface area contributed by atoms with Crippen LogP contribution in [0.15, 0.2) is 96.4 Å². The zero-order valence-corrected chi connectivity index (χ0v) is 20.0. The van der Waals surface area contributed by atoms with Gasteiger partial charge in [-0.15, -0.1) is 11.3 Å². The fraction of sp³-hybridized carbons (Fsp3) is 0.143. The zero-order chi connectivity index (χ0) is 24.6. The van der Waals surface area contributed by atoms with Gasteiger partial charge in [0.15, 0.2) is 0 Å². The minimum Gasteiger partial charge on any atom is -0.497 e. The van der Waals surface area contributed by atoms with E-state index in [9.17, 15) is 14.0 Å². The van der Waals surface area contributed by atoms with E-state index in [1.54, 1.807) is 31.4 Å². The van der Waals surface area contributed by atoms with E-state index in [-0.39, 0.29) is 18.2 Å². The van der Waals surface area contributed by atoms with Crippen LogP contribution in [0.1, 0.15) is 22.0 Å². The third-order valence-electron chi connectivity index (χ3n) is 5.53. The molecule has 4 aromatic rings. The van der Waals surface area contributed by atoms with Crippen LogP contribution in [0.25, 0.3) is 0 Å². The second-order valence-corrected chi connectivity index (χ2v) is 8.91. The molecule has 4 rings (SSSR count). The number of nitrogens with one attached hydrogen (secondary N) is 1. The number of hydrogen-bond acceptors (Lipinski definition) is 4. The zero-order valence-electron chi connectivity index (χ0n) is 19.2. The van der Waals surface area contributed by atoms with Crippen molar-refractivity contribution < 1.29 is 18.7 Å². The summed E-state index contributed by atoms with van der Waals surface area (Å²) in [5.41, 5.74) is 1.98. The number of ether oxygens (including phenoxy) is 1. The van der Waals surface area contributed by atoms with Gasteiger partial charge in [-0.2, -0.15) is 0 Å². The summed E-state index contributed by atoms with van der Waals surface area (Å²) >= 11 is 1.47. The molecular formula is C28H25FN2O3S. The van der Waals surface area contributed by atoms with Crippen molar-refractivity contribution in [2.75, 3.05) is 12.0 Å². The first-order valence-corrected chi connectivity index (χ1v) is 12.0. The molecule has 178 valence electrons. The molecule has 0 spiro atoms. The van der Waals surface area contributed by atoms with Crippen molar-refractivity contribution in [3.63, 3.8) is 0 Å². The molecule has 35 heavy (non-hydrogen) atoms. The second kappa shape index (κ2) is 11.4. The number of thiophene rings is 1. The minimum atomic E-state index is -0.970. The predicted octanol–water partition coefficient (Wildman–Crippen LogP) is 5.53. The molecule has 0 bridgehead atoms. The Morgan fingerprint density at radius 3 is 2.29 bits per heavy atom. The van der Waals surface area contributed by atoms with Gasteiger partial charge in [-0.05, 0) is 59.0 Å². The van der Waals surface area contributed by atoms with Crippen molar-refractivity contribution in [2.24, 2.45) is 0 Å². The molecular weight excluding hydrogens is 463 g/mol. The molecule has 1 N–H and O–H groups in total. The van der Waals surface area contributed by atoms with E-state index in [4.69, 9.17) is 4.74 Å². The Balaban J connectivity index is 1.73. The van der Waals surface area contributed by atoms with Crippen LogP contribution in [0.4, 0.5) is 10.1 Å². The highest BCUT2D eigenvalue weighted by atomic mass is 32.1. The van der Waals surface area contributed by atoms with E-state index in [1.807, 2.05) is 47.8 Å². The van der Waals surface area contributed by atoms with E-state index in [2.05, 4.69) is 5.32 Å². The molecule has 2 amide bonds. The van der Waals surface area contributed by atoms with Gasteiger partial charge in [-0.3, -0.25) is 14.5 Å². The van der Waals surface area contributed by atoms with Gasteiger partial charge < -0.3 is 10.1 Å². The molecule has 3 aromatic carbocycles. The van der Waals surface area contributed by atoms with Gasteiger partial charge in [0, 0.05) is 17.1 Å². The molecule has 0 saturated carbocycles. The predicted molar refractivity (Wildman–Crippen MR) is 136 cm³/mol. The lowest BCUT2D eigenvalue weighted by atomic mass is 10.0. The molecule has 0 radical (unpaired) electrons. The third-order valence-corrected chi connectivity index (χ3v) is 6.40. The van der Waals surface area contributed by atoms with Gasteiger partial charge in [0.2, 0.25) is 11.8 Å². The molecule has 1 atom stereocenters. The van der Waals surface area contributed by atoms with Gasteiger partial charge in [-0.25, -0.2) is 4.39 Å². The van der Waals surface area contributed by atoms with Crippen LogP contribution in [-0.2, 0) is 22.6 Å². The monoisotopic (exact) mass is 488 g/mol. The Hall–Kier alpha value is -3.97. The fourth-order valence-corrected chi connectivity index (χ4v) is 4.47. The van der Waals surface area contributed by atoms with Crippen molar-refractivity contribution in [1.29, 1.82) is 0 Å². The molecule has 0 fully saturated rings. The second-order valence-electron chi connectivity index (χ2n) is 7.88. The highest BCUT2D eigenvalue weighted by Crippen LogP contribution is 2.30. The Morgan fingerprint density at radius 1 is 0.943 bits per heavy atom. The van der Waals surface area contributed by atoms with E-state index in [1.165, 1.54) is 40.5 Å². The number of anilines is 1. The number of nitrogens with zero attached hydrogens (tertiary/aromatic N) is 1. The number of methoxy groups -OCH3 is 1. The first kappa shape index (κ1) is 24.2. The fourth-order valence-electron chi connectivity index (χ4n) is 3.77. The summed E-state index contributed by atoms with van der Waals surface area (Å²) in [6.45, 7) is 0.308. The maximum Gasteiger partial charge on any atom is 0.248 e. The molecule has 1 heterocycles. The van der Waals surface area contributed by atoms with Crippen molar-refractivity contribution in [3.05, 3.63) is 118 Å². The summed E-state index contributed by atoms with van der Waals surface area (Å²) < 4.78 is 19.0. The van der Waals surface area contributed by atoms with E-state index in [0.717, 1.165) is 10.4 Å². The first-order valence-electron chi connectivity index (χ1n) is 11.1. The Bertz CT molecular complexity index is 1240. The van der Waals surface area contributed by atoms with Gasteiger partial charge in [0.1, 0.15) is 17.6 Å².